The third-order valence-electron chi connectivity index (χ3n) is 5.71. The van der Waals surface area contributed by atoms with Gasteiger partial charge in [-0.05, 0) is 19.1 Å². The predicted octanol–water partition coefficient (Wildman–Crippen LogP) is -1.94. The van der Waals surface area contributed by atoms with Gasteiger partial charge in [0.2, 0.25) is 27.7 Å². The van der Waals surface area contributed by atoms with Crippen molar-refractivity contribution in [2.75, 3.05) is 65.9 Å². The molecule has 0 bridgehead atoms. The third kappa shape index (κ3) is 17.6. The van der Waals surface area contributed by atoms with E-state index in [-0.39, 0.29) is 90.1 Å². The Morgan fingerprint density at radius 2 is 1.13 bits per heavy atom. The summed E-state index contributed by atoms with van der Waals surface area (Å²) in [5.41, 5.74) is 3.87. The Balaban J connectivity index is 2.70. The minimum absolute atomic E-state index is 0.00551. The summed E-state index contributed by atoms with van der Waals surface area (Å²) in [5.74, 6) is -2.15. The molecule has 1 aromatic rings. The largest absolute Gasteiger partial charge is 0.378 e. The maximum absolute atomic E-state index is 12.8. The number of ether oxygens (including phenoxy) is 4. The number of hydrogen-bond acceptors (Lipinski definition) is 13. The van der Waals surface area contributed by atoms with E-state index in [1.807, 2.05) is 6.92 Å². The van der Waals surface area contributed by atoms with E-state index in [9.17, 15) is 27.6 Å². The van der Waals surface area contributed by atoms with Gasteiger partial charge in [-0.15, -0.1) is 0 Å². The summed E-state index contributed by atoms with van der Waals surface area (Å²) in [4.78, 5) is 46.9. The maximum atomic E-state index is 12.8. The van der Waals surface area contributed by atoms with Crippen molar-refractivity contribution in [3.8, 4) is 0 Å². The van der Waals surface area contributed by atoms with Gasteiger partial charge < -0.3 is 29.6 Å². The van der Waals surface area contributed by atoms with E-state index < -0.39 is 39.3 Å². The Bertz CT molecular complexity index is 1090. The second-order valence-corrected chi connectivity index (χ2v) is 11.3. The fourth-order valence-electron chi connectivity index (χ4n) is 3.37. The second kappa shape index (κ2) is 22.1. The van der Waals surface area contributed by atoms with Crippen LogP contribution in [0.2, 0.25) is 0 Å². The molecule has 0 fully saturated rings. The number of amides is 5. The predicted molar refractivity (Wildman–Crippen MR) is 153 cm³/mol. The van der Waals surface area contributed by atoms with Crippen LogP contribution in [0.5, 0.6) is 0 Å². The number of urea groups is 1. The summed E-state index contributed by atoms with van der Waals surface area (Å²) in [5, 5.41) is 31.2. The third-order valence-corrected chi connectivity index (χ3v) is 7.19. The summed E-state index contributed by atoms with van der Waals surface area (Å²) in [7, 11) is -3.70. The van der Waals surface area contributed by atoms with Crippen molar-refractivity contribution in [2.24, 2.45) is 0 Å². The van der Waals surface area contributed by atoms with Crippen LogP contribution in [0.3, 0.4) is 0 Å². The summed E-state index contributed by atoms with van der Waals surface area (Å²) in [6, 6.07) is 5.63. The van der Waals surface area contributed by atoms with E-state index in [0.29, 0.717) is 0 Å². The van der Waals surface area contributed by atoms with Crippen LogP contribution in [0.15, 0.2) is 29.2 Å². The molecule has 5 amide bonds. The van der Waals surface area contributed by atoms with E-state index in [1.54, 1.807) is 12.1 Å². The van der Waals surface area contributed by atoms with Gasteiger partial charge in [0.15, 0.2) is 0 Å². The van der Waals surface area contributed by atoms with Crippen molar-refractivity contribution >= 4 is 33.8 Å². The number of hydrogen-bond donors (Lipinski definition) is 9. The van der Waals surface area contributed by atoms with Crippen LogP contribution in [0.4, 0.5) is 4.79 Å². The molecule has 0 radical (unpaired) electrons. The number of aryl methyl sites for hydroxylation is 1. The van der Waals surface area contributed by atoms with Crippen LogP contribution in [0.1, 0.15) is 24.8 Å². The summed E-state index contributed by atoms with van der Waals surface area (Å²) < 4.78 is 49.0. The highest BCUT2D eigenvalue weighted by Gasteiger charge is 2.34. The van der Waals surface area contributed by atoms with Crippen LogP contribution in [0.25, 0.3) is 0 Å². The maximum Gasteiger partial charge on any atom is 0.315 e. The number of sulfonamides is 1. The fourth-order valence-corrected chi connectivity index (χ4v) is 4.38. The Morgan fingerprint density at radius 3 is 1.58 bits per heavy atom. The second-order valence-electron chi connectivity index (χ2n) is 9.50. The zero-order chi connectivity index (χ0) is 33.6. The normalized spacial score (nSPS) is 11.5. The molecule has 0 saturated heterocycles. The lowest BCUT2D eigenvalue weighted by atomic mass is 10.0. The molecule has 20 heteroatoms. The van der Waals surface area contributed by atoms with Crippen molar-refractivity contribution in [3.63, 3.8) is 0 Å². The van der Waals surface area contributed by atoms with Gasteiger partial charge in [0.05, 0.1) is 77.0 Å². The van der Waals surface area contributed by atoms with Crippen LogP contribution >= 0.6 is 0 Å². The molecule has 0 saturated carbocycles. The minimum Gasteiger partial charge on any atom is -0.378 e. The summed E-state index contributed by atoms with van der Waals surface area (Å²) >= 11 is 0. The van der Waals surface area contributed by atoms with Crippen LogP contribution in [-0.2, 0) is 43.4 Å². The molecule has 0 aliphatic heterocycles. The number of hydroxylamine groups is 3. The van der Waals surface area contributed by atoms with Gasteiger partial charge in [0.1, 0.15) is 5.54 Å². The number of rotatable bonds is 24. The zero-order valence-corrected chi connectivity index (χ0v) is 25.7. The average molecular weight is 667 g/mol. The molecule has 9 N–H and O–H groups in total. The Morgan fingerprint density at radius 1 is 0.689 bits per heavy atom. The molecular weight excluding hydrogens is 624 g/mol. The highest BCUT2D eigenvalue weighted by molar-refractivity contribution is 7.89. The van der Waals surface area contributed by atoms with Crippen LogP contribution < -0.4 is 31.8 Å². The van der Waals surface area contributed by atoms with Gasteiger partial charge in [-0.25, -0.2) is 34.4 Å². The van der Waals surface area contributed by atoms with Crippen molar-refractivity contribution in [1.82, 2.24) is 31.8 Å². The average Bonchev–Trinajstić information content (AvgIpc) is 3.02. The number of carbonyl (C=O) groups excluding carboxylic acids is 4. The molecule has 0 atom stereocenters. The summed E-state index contributed by atoms with van der Waals surface area (Å²) in [6.45, 7) is 0.550. The molecule has 256 valence electrons. The lowest BCUT2D eigenvalue weighted by molar-refractivity contribution is -0.130. The van der Waals surface area contributed by atoms with Gasteiger partial charge in [0, 0.05) is 13.1 Å². The molecule has 0 spiro atoms. The Labute approximate surface area is 260 Å². The van der Waals surface area contributed by atoms with Gasteiger partial charge >= 0.3 is 6.03 Å². The fraction of sp³-hybridized carbons (Fsp3) is 0.600. The first kappa shape index (κ1) is 39.6. The van der Waals surface area contributed by atoms with Gasteiger partial charge in [-0.2, -0.15) is 0 Å². The van der Waals surface area contributed by atoms with Crippen molar-refractivity contribution in [2.45, 2.75) is 36.6 Å². The first-order valence-corrected chi connectivity index (χ1v) is 15.2. The molecular formula is C25H42N6O13S. The number of nitrogens with one attached hydrogen (secondary N) is 6. The van der Waals surface area contributed by atoms with Gasteiger partial charge in [0.25, 0.3) is 0 Å². The first-order chi connectivity index (χ1) is 21.5. The quantitative estimate of drug-likeness (QED) is 0.0331. The minimum atomic E-state index is -3.70. The molecule has 45 heavy (non-hydrogen) atoms. The SMILES string of the molecule is Cc1ccc(S(=O)(=O)NCCOCCNC(=O)NC(COCCC(=O)NO)(COCCC(=O)NO)COCCC(=O)NO)cc1. The Hall–Kier alpha value is -3.47. The highest BCUT2D eigenvalue weighted by Crippen LogP contribution is 2.11. The smallest absolute Gasteiger partial charge is 0.315 e. The highest BCUT2D eigenvalue weighted by atomic mass is 32.2. The monoisotopic (exact) mass is 666 g/mol. The molecule has 1 rings (SSSR count). The van der Waals surface area contributed by atoms with Crippen LogP contribution in [-0.4, -0.2) is 119 Å². The van der Waals surface area contributed by atoms with E-state index in [2.05, 4.69) is 15.4 Å². The molecule has 0 heterocycles. The van der Waals surface area contributed by atoms with E-state index in [0.717, 1.165) is 5.56 Å². The van der Waals surface area contributed by atoms with Gasteiger partial charge in [-0.1, -0.05) is 17.7 Å². The molecule has 0 aliphatic rings. The summed E-state index contributed by atoms with van der Waals surface area (Å²) in [6.07, 6.45) is -0.648. The van der Waals surface area contributed by atoms with E-state index >= 15 is 0 Å². The van der Waals surface area contributed by atoms with Crippen molar-refractivity contribution in [3.05, 3.63) is 29.8 Å². The number of benzene rings is 1. The molecule has 1 aromatic carbocycles. The van der Waals surface area contributed by atoms with Gasteiger partial charge in [-0.3, -0.25) is 30.0 Å². The molecule has 19 nitrogen and oxygen atoms in total. The lowest BCUT2D eigenvalue weighted by Gasteiger charge is -2.34. The van der Waals surface area contributed by atoms with Crippen LogP contribution in [0, 0.1) is 6.92 Å². The lowest BCUT2D eigenvalue weighted by Crippen LogP contribution is -2.61. The van der Waals surface area contributed by atoms with Crippen molar-refractivity contribution in [1.29, 1.82) is 0 Å². The van der Waals surface area contributed by atoms with E-state index in [1.165, 1.54) is 28.6 Å². The zero-order valence-electron chi connectivity index (χ0n) is 24.8. The molecule has 0 unspecified atom stereocenters. The van der Waals surface area contributed by atoms with Crippen molar-refractivity contribution < 1.29 is 62.2 Å². The van der Waals surface area contributed by atoms with E-state index in [4.69, 9.17) is 34.6 Å². The molecule has 0 aliphatic carbocycles. The number of carbonyl (C=O) groups is 4. The topological polar surface area (TPSA) is 272 Å². The molecule has 0 aromatic heterocycles. The first-order valence-electron chi connectivity index (χ1n) is 13.7. The Kier molecular flexibility index (Phi) is 19.4. The standard InChI is InChI=1S/C25H42N6O13S/c1-19-2-4-20(5-3-19)45(39,40)27-10-15-41-14-9-26-24(35)28-25(16-42-11-6-21(32)29-36,17-43-12-7-22(33)30-37)18-44-13-8-23(34)31-38/h2-5,27,36-38H,6-18H2,1H3,(H,29,32)(H,30,33)(H,31,34)(H2,26,28,35).